The van der Waals surface area contributed by atoms with Crippen LogP contribution in [0, 0.1) is 0 Å². The van der Waals surface area contributed by atoms with Gasteiger partial charge in [-0.05, 0) is 27.7 Å². The van der Waals surface area contributed by atoms with Gasteiger partial charge in [-0.2, -0.15) is 0 Å². The summed E-state index contributed by atoms with van der Waals surface area (Å²) in [7, 11) is 1.60. The fraction of sp³-hybridized carbons (Fsp3) is 0.389. The first kappa shape index (κ1) is 16.9. The van der Waals surface area contributed by atoms with Crippen LogP contribution in [0.2, 0.25) is 0 Å². The van der Waals surface area contributed by atoms with E-state index in [0.717, 1.165) is 10.8 Å². The van der Waals surface area contributed by atoms with Gasteiger partial charge in [-0.25, -0.2) is 4.79 Å². The topological polar surface area (TPSA) is 56.8 Å². The molecule has 2 aromatic rings. The molecule has 124 valence electrons. The Morgan fingerprint density at radius 1 is 1.13 bits per heavy atom. The number of methoxy groups -OCH3 is 1. The molecule has 5 nitrogen and oxygen atoms in total. The molecule has 0 bridgehead atoms. The second-order valence-electron chi connectivity index (χ2n) is 6.09. The number of hydrogen-bond acceptors (Lipinski definition) is 4. The summed E-state index contributed by atoms with van der Waals surface area (Å²) >= 11 is 0. The molecule has 0 saturated heterocycles. The molecule has 0 spiro atoms. The van der Waals surface area contributed by atoms with Gasteiger partial charge in [0, 0.05) is 23.4 Å². The van der Waals surface area contributed by atoms with Crippen LogP contribution in [0.5, 0.6) is 17.2 Å². The normalized spacial score (nSPS) is 11.2. The summed E-state index contributed by atoms with van der Waals surface area (Å²) in [6.07, 6.45) is -0.496. The average molecular weight is 317 g/mol. The Morgan fingerprint density at radius 2 is 1.78 bits per heavy atom. The number of amides is 1. The van der Waals surface area contributed by atoms with Crippen LogP contribution in [-0.4, -0.2) is 25.3 Å². The molecule has 0 aliphatic rings. The van der Waals surface area contributed by atoms with Gasteiger partial charge in [0.05, 0.1) is 7.11 Å². The van der Waals surface area contributed by atoms with Crippen molar-refractivity contribution in [2.75, 3.05) is 13.7 Å². The number of carbonyl (C=O) groups excluding carboxylic acids is 1. The van der Waals surface area contributed by atoms with E-state index in [1.54, 1.807) is 13.2 Å². The molecule has 23 heavy (non-hydrogen) atoms. The second kappa shape index (κ2) is 6.77. The van der Waals surface area contributed by atoms with Crippen molar-refractivity contribution in [2.45, 2.75) is 33.3 Å². The molecule has 1 amide bonds. The molecule has 2 aromatic carbocycles. The number of nitrogens with one attached hydrogen (secondary N) is 1. The number of benzene rings is 2. The highest BCUT2D eigenvalue weighted by atomic mass is 16.6. The highest BCUT2D eigenvalue weighted by molar-refractivity contribution is 5.96. The maximum absolute atomic E-state index is 11.8. The van der Waals surface area contributed by atoms with Gasteiger partial charge in [0.1, 0.15) is 11.4 Å². The number of fused-ring (bicyclic) bond motifs is 1. The first-order valence-electron chi connectivity index (χ1n) is 7.60. The van der Waals surface area contributed by atoms with Crippen molar-refractivity contribution in [3.63, 3.8) is 0 Å². The van der Waals surface area contributed by atoms with Crippen LogP contribution >= 0.6 is 0 Å². The molecule has 0 aromatic heterocycles. The summed E-state index contributed by atoms with van der Waals surface area (Å²) in [5.74, 6) is 1.60. The predicted molar refractivity (Wildman–Crippen MR) is 90.6 cm³/mol. The van der Waals surface area contributed by atoms with Gasteiger partial charge in [-0.1, -0.05) is 24.3 Å². The van der Waals surface area contributed by atoms with E-state index in [1.807, 2.05) is 52.0 Å². The maximum Gasteiger partial charge on any atom is 0.412 e. The van der Waals surface area contributed by atoms with Crippen molar-refractivity contribution in [3.05, 3.63) is 30.3 Å². The van der Waals surface area contributed by atoms with Crippen molar-refractivity contribution in [1.29, 1.82) is 0 Å². The molecule has 1 N–H and O–H groups in total. The molecular formula is C18H23NO4. The Kier molecular flexibility index (Phi) is 4.98. The third kappa shape index (κ3) is 4.06. The fourth-order valence-corrected chi connectivity index (χ4v) is 2.27. The minimum Gasteiger partial charge on any atom is -0.492 e. The summed E-state index contributed by atoms with van der Waals surface area (Å²) < 4.78 is 16.9. The first-order chi connectivity index (χ1) is 10.9. The van der Waals surface area contributed by atoms with Crippen molar-refractivity contribution < 1.29 is 19.0 Å². The monoisotopic (exact) mass is 317 g/mol. The molecule has 0 heterocycles. The Bertz CT molecular complexity index is 704. The van der Waals surface area contributed by atoms with E-state index in [4.69, 9.17) is 14.2 Å². The van der Waals surface area contributed by atoms with Gasteiger partial charge < -0.3 is 19.5 Å². The lowest BCUT2D eigenvalue weighted by molar-refractivity contribution is 0.125. The first-order valence-corrected chi connectivity index (χ1v) is 7.60. The molecule has 0 atom stereocenters. The maximum atomic E-state index is 11.8. The number of rotatable bonds is 4. The molecule has 0 radical (unpaired) electrons. The molecule has 0 saturated carbocycles. The van der Waals surface area contributed by atoms with Crippen LogP contribution in [-0.2, 0) is 0 Å². The van der Waals surface area contributed by atoms with Gasteiger partial charge in [0.2, 0.25) is 0 Å². The highest BCUT2D eigenvalue weighted by Crippen LogP contribution is 2.42. The van der Waals surface area contributed by atoms with Gasteiger partial charge in [-0.15, -0.1) is 0 Å². The average Bonchev–Trinajstić information content (AvgIpc) is 2.46. The van der Waals surface area contributed by atoms with E-state index in [-0.39, 0.29) is 0 Å². The number of hydrogen-bond donors (Lipinski definition) is 1. The van der Waals surface area contributed by atoms with Crippen LogP contribution in [0.1, 0.15) is 27.7 Å². The van der Waals surface area contributed by atoms with Crippen molar-refractivity contribution in [1.82, 2.24) is 5.32 Å². The number of ether oxygens (including phenoxy) is 3. The van der Waals surface area contributed by atoms with Crippen molar-refractivity contribution in [2.24, 2.45) is 0 Å². The number of carbonyl (C=O) groups is 1. The largest absolute Gasteiger partial charge is 0.492 e. The van der Waals surface area contributed by atoms with Gasteiger partial charge in [0.15, 0.2) is 11.5 Å². The van der Waals surface area contributed by atoms with Crippen molar-refractivity contribution >= 4 is 16.9 Å². The minimum absolute atomic E-state index is 0.404. The second-order valence-corrected chi connectivity index (χ2v) is 6.09. The smallest absolute Gasteiger partial charge is 0.412 e. The van der Waals surface area contributed by atoms with Gasteiger partial charge >= 0.3 is 6.09 Å². The minimum atomic E-state index is -0.496. The quantitative estimate of drug-likeness (QED) is 0.921. The Balaban J connectivity index is 2.59. The zero-order valence-corrected chi connectivity index (χ0v) is 14.2. The van der Waals surface area contributed by atoms with Crippen LogP contribution in [0.3, 0.4) is 0 Å². The standard InChI is InChI=1S/C18H23NO4/c1-6-19-17(20)22-14-11-15(23-18(2,3)4)16(21-5)13-10-8-7-9-12(13)14/h7-11H,6H2,1-5H3,(H,19,20). The summed E-state index contributed by atoms with van der Waals surface area (Å²) in [4.78, 5) is 11.8. The van der Waals surface area contributed by atoms with E-state index < -0.39 is 11.7 Å². The lowest BCUT2D eigenvalue weighted by atomic mass is 10.1. The van der Waals surface area contributed by atoms with E-state index in [2.05, 4.69) is 5.32 Å². The van der Waals surface area contributed by atoms with E-state index >= 15 is 0 Å². The highest BCUT2D eigenvalue weighted by Gasteiger charge is 2.21. The molecular weight excluding hydrogens is 294 g/mol. The molecule has 0 aliphatic carbocycles. The zero-order chi connectivity index (χ0) is 17.0. The Morgan fingerprint density at radius 3 is 2.35 bits per heavy atom. The Labute approximate surface area is 136 Å². The van der Waals surface area contributed by atoms with Crippen LogP contribution < -0.4 is 19.5 Å². The molecule has 0 aliphatic heterocycles. The van der Waals surface area contributed by atoms with Crippen LogP contribution in [0.4, 0.5) is 4.79 Å². The Hall–Kier alpha value is -2.43. The van der Waals surface area contributed by atoms with Gasteiger partial charge in [-0.3, -0.25) is 0 Å². The molecule has 0 fully saturated rings. The molecule has 5 heteroatoms. The van der Waals surface area contributed by atoms with Crippen molar-refractivity contribution in [3.8, 4) is 17.2 Å². The third-order valence-corrected chi connectivity index (χ3v) is 3.07. The van der Waals surface area contributed by atoms with Crippen LogP contribution in [0.15, 0.2) is 30.3 Å². The van der Waals surface area contributed by atoms with E-state index in [1.165, 1.54) is 0 Å². The van der Waals surface area contributed by atoms with E-state index in [9.17, 15) is 4.79 Å². The van der Waals surface area contributed by atoms with Crippen LogP contribution in [0.25, 0.3) is 10.8 Å². The van der Waals surface area contributed by atoms with Gasteiger partial charge in [0.25, 0.3) is 0 Å². The summed E-state index contributed by atoms with van der Waals surface area (Å²) in [5.41, 5.74) is -0.404. The summed E-state index contributed by atoms with van der Waals surface area (Å²) in [6.45, 7) is 8.18. The lowest BCUT2D eigenvalue weighted by Gasteiger charge is -2.24. The lowest BCUT2D eigenvalue weighted by Crippen LogP contribution is -2.26. The van der Waals surface area contributed by atoms with E-state index in [0.29, 0.717) is 23.8 Å². The summed E-state index contributed by atoms with van der Waals surface area (Å²) in [5, 5.41) is 4.24. The zero-order valence-electron chi connectivity index (χ0n) is 14.2. The molecule has 0 unspecified atom stereocenters. The predicted octanol–water partition coefficient (Wildman–Crippen LogP) is 4.13. The SMILES string of the molecule is CCNC(=O)Oc1cc(OC(C)(C)C)c(OC)c2ccccc12. The third-order valence-electron chi connectivity index (χ3n) is 3.07. The fourth-order valence-electron chi connectivity index (χ4n) is 2.27. The molecule has 2 rings (SSSR count). The summed E-state index contributed by atoms with van der Waals surface area (Å²) in [6, 6.07) is 9.28.